The molecule has 1 aromatic carbocycles. The zero-order valence-electron chi connectivity index (χ0n) is 12.1. The third-order valence-corrected chi connectivity index (χ3v) is 9.36. The molecule has 124 valence electrons. The zero-order chi connectivity index (χ0) is 16.8. The first-order chi connectivity index (χ1) is 10.7. The average molecular weight is 392 g/mol. The van der Waals surface area contributed by atoms with E-state index in [-0.39, 0.29) is 22.2 Å². The monoisotopic (exact) mass is 391 g/mol. The molecule has 0 aliphatic carbocycles. The van der Waals surface area contributed by atoms with Crippen LogP contribution in [0.3, 0.4) is 0 Å². The summed E-state index contributed by atoms with van der Waals surface area (Å²) in [6.07, 6.45) is 0. The minimum atomic E-state index is -3.60. The van der Waals surface area contributed by atoms with Crippen molar-refractivity contribution in [1.29, 1.82) is 0 Å². The van der Waals surface area contributed by atoms with Crippen molar-refractivity contribution in [2.75, 3.05) is 13.1 Å². The van der Waals surface area contributed by atoms with Gasteiger partial charge in [0.25, 0.3) is 10.0 Å². The summed E-state index contributed by atoms with van der Waals surface area (Å²) in [5.41, 5.74) is 0. The van der Waals surface area contributed by atoms with Crippen molar-refractivity contribution in [3.8, 4) is 0 Å². The predicted molar refractivity (Wildman–Crippen MR) is 90.2 cm³/mol. The largest absolute Gasteiger partial charge is 0.252 e. The van der Waals surface area contributed by atoms with Gasteiger partial charge in [-0.25, -0.2) is 16.8 Å². The summed E-state index contributed by atoms with van der Waals surface area (Å²) in [7, 11) is -7.15. The number of hydrogen-bond acceptors (Lipinski definition) is 5. The fourth-order valence-electron chi connectivity index (χ4n) is 2.29. The van der Waals surface area contributed by atoms with Crippen LogP contribution in [0.2, 0.25) is 5.02 Å². The molecule has 0 N–H and O–H groups in total. The van der Waals surface area contributed by atoms with E-state index >= 15 is 0 Å². The number of thiophene rings is 1. The lowest BCUT2D eigenvalue weighted by molar-refractivity contribution is 0.310. The Morgan fingerprint density at radius 1 is 1.04 bits per heavy atom. The minimum Gasteiger partial charge on any atom is -0.223 e. The first-order valence-corrected chi connectivity index (χ1v) is 11.0. The highest BCUT2D eigenvalue weighted by Crippen LogP contribution is 2.31. The molecule has 1 aromatic heterocycles. The third-order valence-electron chi connectivity index (χ3n) is 3.71. The van der Waals surface area contributed by atoms with Gasteiger partial charge in [-0.1, -0.05) is 11.6 Å². The van der Waals surface area contributed by atoms with Crippen LogP contribution < -0.4 is 0 Å². The summed E-state index contributed by atoms with van der Waals surface area (Å²) in [6, 6.07) is 9.19. The highest BCUT2D eigenvalue weighted by Gasteiger charge is 2.44. The summed E-state index contributed by atoms with van der Waals surface area (Å²) >= 11 is 6.95. The van der Waals surface area contributed by atoms with Gasteiger partial charge >= 0.3 is 0 Å². The smallest absolute Gasteiger partial charge is 0.223 e. The van der Waals surface area contributed by atoms with Gasteiger partial charge in [-0.3, -0.25) is 0 Å². The Labute approximate surface area is 144 Å². The Kier molecular flexibility index (Phi) is 4.31. The van der Waals surface area contributed by atoms with Crippen LogP contribution in [0, 0.1) is 6.92 Å². The molecule has 1 fully saturated rings. The molecule has 0 bridgehead atoms. The van der Waals surface area contributed by atoms with Gasteiger partial charge in [0, 0.05) is 23.0 Å². The molecule has 23 heavy (non-hydrogen) atoms. The van der Waals surface area contributed by atoms with E-state index in [1.807, 2.05) is 6.92 Å². The van der Waals surface area contributed by atoms with E-state index in [2.05, 4.69) is 0 Å². The molecule has 2 aromatic rings. The van der Waals surface area contributed by atoms with Crippen LogP contribution in [0.4, 0.5) is 0 Å². The van der Waals surface area contributed by atoms with Crippen LogP contribution in [-0.2, 0) is 19.9 Å². The number of hydrogen-bond donors (Lipinski definition) is 0. The van der Waals surface area contributed by atoms with E-state index in [9.17, 15) is 16.8 Å². The topological polar surface area (TPSA) is 71.5 Å². The van der Waals surface area contributed by atoms with Gasteiger partial charge in [0.2, 0.25) is 0 Å². The highest BCUT2D eigenvalue weighted by atomic mass is 35.5. The van der Waals surface area contributed by atoms with Gasteiger partial charge in [-0.15, -0.1) is 11.3 Å². The van der Waals surface area contributed by atoms with Crippen molar-refractivity contribution >= 4 is 42.8 Å². The second-order valence-corrected chi connectivity index (χ2v) is 11.4. The van der Waals surface area contributed by atoms with Crippen LogP contribution >= 0.6 is 22.9 Å². The zero-order valence-corrected chi connectivity index (χ0v) is 15.3. The molecule has 0 radical (unpaired) electrons. The number of rotatable bonds is 4. The number of aryl methyl sites for hydroxylation is 1. The van der Waals surface area contributed by atoms with E-state index in [4.69, 9.17) is 11.6 Å². The fourth-order valence-corrected chi connectivity index (χ4v) is 7.22. The lowest BCUT2D eigenvalue weighted by atomic mass is 10.3. The molecule has 5 nitrogen and oxygen atoms in total. The number of nitrogens with zero attached hydrogens (tertiary/aromatic N) is 1. The molecule has 9 heteroatoms. The molecule has 0 unspecified atom stereocenters. The van der Waals surface area contributed by atoms with Crippen molar-refractivity contribution in [2.45, 2.75) is 21.3 Å². The van der Waals surface area contributed by atoms with Crippen LogP contribution in [0.25, 0.3) is 0 Å². The van der Waals surface area contributed by atoms with E-state index in [0.717, 1.165) is 4.88 Å². The van der Waals surface area contributed by atoms with Crippen LogP contribution in [0.5, 0.6) is 0 Å². The minimum absolute atomic E-state index is 0.0236. The maximum absolute atomic E-state index is 12.5. The Bertz CT molecular complexity index is 927. The van der Waals surface area contributed by atoms with E-state index in [1.54, 1.807) is 12.1 Å². The SMILES string of the molecule is Cc1ccc(S(=O)(=O)N2CC(S(=O)(=O)c3ccc(Cl)cc3)C2)s1. The Hall–Kier alpha value is -0.930. The maximum atomic E-state index is 12.5. The number of benzene rings is 1. The number of sulfonamides is 1. The maximum Gasteiger partial charge on any atom is 0.252 e. The molecule has 2 heterocycles. The second-order valence-electron chi connectivity index (χ2n) is 5.31. The summed E-state index contributed by atoms with van der Waals surface area (Å²) in [5.74, 6) is 0. The summed E-state index contributed by atoms with van der Waals surface area (Å²) in [4.78, 5) is 1.06. The third kappa shape index (κ3) is 3.06. The Balaban J connectivity index is 1.77. The Morgan fingerprint density at radius 3 is 2.17 bits per heavy atom. The lowest BCUT2D eigenvalue weighted by Crippen LogP contribution is -2.56. The van der Waals surface area contributed by atoms with Crippen molar-refractivity contribution in [3.05, 3.63) is 46.3 Å². The number of sulfone groups is 1. The van der Waals surface area contributed by atoms with Crippen LogP contribution in [-0.4, -0.2) is 39.5 Å². The van der Waals surface area contributed by atoms with Crippen molar-refractivity contribution < 1.29 is 16.8 Å². The van der Waals surface area contributed by atoms with E-state index in [1.165, 1.54) is 39.9 Å². The van der Waals surface area contributed by atoms with Crippen molar-refractivity contribution in [1.82, 2.24) is 4.31 Å². The van der Waals surface area contributed by atoms with Crippen LogP contribution in [0.15, 0.2) is 45.5 Å². The first-order valence-electron chi connectivity index (χ1n) is 6.77. The van der Waals surface area contributed by atoms with E-state index < -0.39 is 25.1 Å². The Morgan fingerprint density at radius 2 is 1.65 bits per heavy atom. The standard InChI is InChI=1S/C14H14ClNO4S3/c1-10-2-7-14(21-10)23(19,20)16-8-13(9-16)22(17,18)12-5-3-11(15)4-6-12/h2-7,13H,8-9H2,1H3. The normalized spacial score (nSPS) is 17.1. The van der Waals surface area contributed by atoms with Gasteiger partial charge in [-0.05, 0) is 43.3 Å². The molecule has 3 rings (SSSR count). The average Bonchev–Trinajstić information content (AvgIpc) is 2.84. The molecule has 1 saturated heterocycles. The quantitative estimate of drug-likeness (QED) is 0.802. The highest BCUT2D eigenvalue weighted by molar-refractivity contribution is 7.93. The molecular formula is C14H14ClNO4S3. The predicted octanol–water partition coefficient (Wildman–Crippen LogP) is 2.56. The molecule has 0 saturated carbocycles. The van der Waals surface area contributed by atoms with Crippen LogP contribution in [0.1, 0.15) is 4.88 Å². The second kappa shape index (κ2) is 5.86. The molecule has 1 aliphatic heterocycles. The molecule has 0 atom stereocenters. The van der Waals surface area contributed by atoms with E-state index in [0.29, 0.717) is 5.02 Å². The van der Waals surface area contributed by atoms with Gasteiger partial charge in [0.15, 0.2) is 9.84 Å². The molecule has 0 amide bonds. The summed E-state index contributed by atoms with van der Waals surface area (Å²) in [6.45, 7) is 1.78. The fraction of sp³-hybridized carbons (Fsp3) is 0.286. The van der Waals surface area contributed by atoms with Gasteiger partial charge in [0.1, 0.15) is 4.21 Å². The van der Waals surface area contributed by atoms with Gasteiger partial charge < -0.3 is 0 Å². The molecular weight excluding hydrogens is 378 g/mol. The van der Waals surface area contributed by atoms with Crippen molar-refractivity contribution in [2.24, 2.45) is 0 Å². The van der Waals surface area contributed by atoms with Gasteiger partial charge in [0.05, 0.1) is 10.1 Å². The van der Waals surface area contributed by atoms with Crippen molar-refractivity contribution in [3.63, 3.8) is 0 Å². The molecule has 0 spiro atoms. The summed E-state index contributed by atoms with van der Waals surface area (Å²) in [5, 5.41) is -0.269. The molecule has 1 aliphatic rings. The summed E-state index contributed by atoms with van der Waals surface area (Å²) < 4.78 is 51.2. The number of halogens is 1. The first kappa shape index (κ1) is 16.9. The lowest BCUT2D eigenvalue weighted by Gasteiger charge is -2.37. The van der Waals surface area contributed by atoms with Gasteiger partial charge in [-0.2, -0.15) is 4.31 Å².